The molecule has 2 amide bonds. The summed E-state index contributed by atoms with van der Waals surface area (Å²) in [5.41, 5.74) is 6.51. The quantitative estimate of drug-likeness (QED) is 0.304. The standard InChI is InChI=1S/C15H18N6O5/c16-12(5-10-6-17-8-18-10)14(23)20-13(7-22)15(24)19-9-1-3-11(4-2-9)21(25)26/h1-4,6,8,12-13,22H,5,7,16H2,(H,17,18)(H,19,24)(H,20,23). The lowest BCUT2D eigenvalue weighted by Crippen LogP contribution is -2.52. The number of hydrogen-bond acceptors (Lipinski definition) is 7. The number of aliphatic hydroxyl groups is 1. The summed E-state index contributed by atoms with van der Waals surface area (Å²) >= 11 is 0. The number of nitrogens with two attached hydrogens (primary N) is 1. The number of carbonyl (C=O) groups is 2. The van der Waals surface area contributed by atoms with Gasteiger partial charge < -0.3 is 26.5 Å². The summed E-state index contributed by atoms with van der Waals surface area (Å²) in [6.45, 7) is -0.639. The van der Waals surface area contributed by atoms with Gasteiger partial charge in [-0.25, -0.2) is 4.98 Å². The number of aliphatic hydroxyl groups excluding tert-OH is 1. The van der Waals surface area contributed by atoms with Crippen molar-refractivity contribution in [2.45, 2.75) is 18.5 Å². The fourth-order valence-corrected chi connectivity index (χ4v) is 2.09. The molecule has 0 aliphatic heterocycles. The second-order valence-electron chi connectivity index (χ2n) is 5.41. The van der Waals surface area contributed by atoms with Gasteiger partial charge in [-0.05, 0) is 12.1 Å². The van der Waals surface area contributed by atoms with Crippen molar-refractivity contribution in [3.63, 3.8) is 0 Å². The summed E-state index contributed by atoms with van der Waals surface area (Å²) in [6, 6.07) is 2.97. The van der Waals surface area contributed by atoms with Crippen LogP contribution in [0.2, 0.25) is 0 Å². The largest absolute Gasteiger partial charge is 0.394 e. The van der Waals surface area contributed by atoms with Crippen LogP contribution in [-0.4, -0.2) is 50.5 Å². The SMILES string of the molecule is NC(Cc1c[nH]cn1)C(=O)NC(CO)C(=O)Nc1ccc([N+](=O)[O-])cc1. The number of nitrogens with zero attached hydrogens (tertiary/aromatic N) is 2. The van der Waals surface area contributed by atoms with E-state index in [1.165, 1.54) is 30.6 Å². The molecule has 6 N–H and O–H groups in total. The molecule has 26 heavy (non-hydrogen) atoms. The van der Waals surface area contributed by atoms with Crippen LogP contribution >= 0.6 is 0 Å². The van der Waals surface area contributed by atoms with Crippen LogP contribution in [0.15, 0.2) is 36.8 Å². The van der Waals surface area contributed by atoms with Gasteiger partial charge in [-0.1, -0.05) is 0 Å². The summed E-state index contributed by atoms with van der Waals surface area (Å²) < 4.78 is 0. The summed E-state index contributed by atoms with van der Waals surface area (Å²) in [7, 11) is 0. The zero-order valence-corrected chi connectivity index (χ0v) is 13.6. The van der Waals surface area contributed by atoms with Crippen molar-refractivity contribution in [1.82, 2.24) is 15.3 Å². The number of amides is 2. The average molecular weight is 362 g/mol. The minimum atomic E-state index is -1.22. The number of carbonyl (C=O) groups excluding carboxylic acids is 2. The topological polar surface area (TPSA) is 176 Å². The van der Waals surface area contributed by atoms with Gasteiger partial charge in [-0.3, -0.25) is 19.7 Å². The molecule has 1 aromatic heterocycles. The number of benzene rings is 1. The Kier molecular flexibility index (Phi) is 6.36. The van der Waals surface area contributed by atoms with Gasteiger partial charge >= 0.3 is 0 Å². The summed E-state index contributed by atoms with van der Waals surface area (Å²) in [5, 5.41) is 24.8. The number of imidazole rings is 1. The molecular formula is C15H18N6O5. The maximum Gasteiger partial charge on any atom is 0.269 e. The lowest BCUT2D eigenvalue weighted by Gasteiger charge is -2.18. The third-order valence-corrected chi connectivity index (χ3v) is 3.48. The maximum atomic E-state index is 12.2. The third kappa shape index (κ3) is 5.09. The van der Waals surface area contributed by atoms with Crippen LogP contribution in [0, 0.1) is 10.1 Å². The van der Waals surface area contributed by atoms with E-state index >= 15 is 0 Å². The Morgan fingerprint density at radius 3 is 2.54 bits per heavy atom. The highest BCUT2D eigenvalue weighted by Gasteiger charge is 2.24. The molecule has 2 rings (SSSR count). The second-order valence-corrected chi connectivity index (χ2v) is 5.41. The van der Waals surface area contributed by atoms with Crippen LogP contribution in [0.1, 0.15) is 5.69 Å². The molecular weight excluding hydrogens is 344 g/mol. The molecule has 11 heteroatoms. The molecule has 1 aromatic carbocycles. The van der Waals surface area contributed by atoms with E-state index in [1.54, 1.807) is 6.20 Å². The zero-order chi connectivity index (χ0) is 19.1. The molecule has 0 fully saturated rings. The molecule has 1 heterocycles. The Morgan fingerprint density at radius 1 is 1.31 bits per heavy atom. The van der Waals surface area contributed by atoms with Gasteiger partial charge in [0.05, 0.1) is 29.6 Å². The maximum absolute atomic E-state index is 12.2. The van der Waals surface area contributed by atoms with Crippen molar-refractivity contribution < 1.29 is 19.6 Å². The number of nitro groups is 1. The minimum Gasteiger partial charge on any atom is -0.394 e. The molecule has 11 nitrogen and oxygen atoms in total. The van der Waals surface area contributed by atoms with Gasteiger partial charge in [-0.15, -0.1) is 0 Å². The number of hydrogen-bond donors (Lipinski definition) is 5. The number of aromatic amines is 1. The number of anilines is 1. The van der Waals surface area contributed by atoms with Crippen LogP contribution in [0.3, 0.4) is 0 Å². The van der Waals surface area contributed by atoms with E-state index in [0.717, 1.165) is 0 Å². The Bertz CT molecular complexity index is 761. The van der Waals surface area contributed by atoms with Gasteiger partial charge in [0.2, 0.25) is 11.8 Å². The van der Waals surface area contributed by atoms with Gasteiger partial charge in [0, 0.05) is 30.4 Å². The lowest BCUT2D eigenvalue weighted by atomic mass is 10.1. The minimum absolute atomic E-state index is 0.126. The van der Waals surface area contributed by atoms with Crippen molar-refractivity contribution in [1.29, 1.82) is 0 Å². The van der Waals surface area contributed by atoms with Crippen LogP contribution in [0.25, 0.3) is 0 Å². The van der Waals surface area contributed by atoms with E-state index < -0.39 is 35.4 Å². The first kappa shape index (κ1) is 19.0. The fourth-order valence-electron chi connectivity index (χ4n) is 2.09. The van der Waals surface area contributed by atoms with Crippen LogP contribution in [0.5, 0.6) is 0 Å². The number of nitro benzene ring substituents is 1. The van der Waals surface area contributed by atoms with Gasteiger partial charge in [0.15, 0.2) is 0 Å². The van der Waals surface area contributed by atoms with Crippen LogP contribution in [-0.2, 0) is 16.0 Å². The lowest BCUT2D eigenvalue weighted by molar-refractivity contribution is -0.384. The highest BCUT2D eigenvalue weighted by molar-refractivity contribution is 5.98. The molecule has 2 atom stereocenters. The summed E-state index contributed by atoms with van der Waals surface area (Å²) in [6.07, 6.45) is 3.21. The number of nitrogens with one attached hydrogen (secondary N) is 3. The number of H-pyrrole nitrogens is 1. The van der Waals surface area contributed by atoms with Crippen molar-refractivity contribution >= 4 is 23.2 Å². The highest BCUT2D eigenvalue weighted by atomic mass is 16.6. The van der Waals surface area contributed by atoms with E-state index in [-0.39, 0.29) is 17.8 Å². The second kappa shape index (κ2) is 8.69. The van der Waals surface area contributed by atoms with Gasteiger partial charge in [-0.2, -0.15) is 0 Å². The Labute approximate surface area is 147 Å². The Balaban J connectivity index is 1.92. The van der Waals surface area contributed by atoms with Crippen molar-refractivity contribution in [2.24, 2.45) is 5.73 Å². The molecule has 0 saturated heterocycles. The number of aromatic nitrogens is 2. The smallest absolute Gasteiger partial charge is 0.269 e. The van der Waals surface area contributed by atoms with Crippen LogP contribution in [0.4, 0.5) is 11.4 Å². The number of rotatable bonds is 8. The summed E-state index contributed by atoms with van der Waals surface area (Å²) in [5.74, 6) is -1.30. The van der Waals surface area contributed by atoms with Gasteiger partial charge in [0.25, 0.3) is 5.69 Å². The van der Waals surface area contributed by atoms with E-state index in [1.807, 2.05) is 0 Å². The molecule has 0 bridgehead atoms. The zero-order valence-electron chi connectivity index (χ0n) is 13.6. The normalized spacial score (nSPS) is 12.8. The fraction of sp³-hybridized carbons (Fsp3) is 0.267. The monoisotopic (exact) mass is 362 g/mol. The molecule has 138 valence electrons. The Hall–Kier alpha value is -3.31. The molecule has 0 spiro atoms. The molecule has 0 saturated carbocycles. The summed E-state index contributed by atoms with van der Waals surface area (Å²) in [4.78, 5) is 41.0. The molecule has 2 unspecified atom stereocenters. The van der Waals surface area contributed by atoms with Crippen LogP contribution < -0.4 is 16.4 Å². The first-order chi connectivity index (χ1) is 12.4. The predicted octanol–water partition coefficient (Wildman–Crippen LogP) is -0.696. The molecule has 0 radical (unpaired) electrons. The highest BCUT2D eigenvalue weighted by Crippen LogP contribution is 2.15. The average Bonchev–Trinajstić information content (AvgIpc) is 3.12. The number of non-ortho nitro benzene ring substituents is 1. The third-order valence-electron chi connectivity index (χ3n) is 3.48. The van der Waals surface area contributed by atoms with Crippen molar-refractivity contribution in [3.8, 4) is 0 Å². The predicted molar refractivity (Wildman–Crippen MR) is 91.0 cm³/mol. The van der Waals surface area contributed by atoms with Crippen molar-refractivity contribution in [3.05, 3.63) is 52.6 Å². The van der Waals surface area contributed by atoms with E-state index in [2.05, 4.69) is 20.6 Å². The first-order valence-corrected chi connectivity index (χ1v) is 7.60. The Morgan fingerprint density at radius 2 is 2.00 bits per heavy atom. The molecule has 0 aliphatic carbocycles. The van der Waals surface area contributed by atoms with E-state index in [4.69, 9.17) is 5.73 Å². The van der Waals surface area contributed by atoms with E-state index in [9.17, 15) is 24.8 Å². The molecule has 0 aliphatic rings. The van der Waals surface area contributed by atoms with Crippen molar-refractivity contribution in [2.75, 3.05) is 11.9 Å². The first-order valence-electron chi connectivity index (χ1n) is 7.60. The van der Waals surface area contributed by atoms with E-state index in [0.29, 0.717) is 5.69 Å². The molecule has 2 aromatic rings. The van der Waals surface area contributed by atoms with Gasteiger partial charge in [0.1, 0.15) is 6.04 Å².